The summed E-state index contributed by atoms with van der Waals surface area (Å²) in [6.07, 6.45) is 0.543. The van der Waals surface area contributed by atoms with Gasteiger partial charge in [0.1, 0.15) is 11.5 Å². The van der Waals surface area contributed by atoms with Gasteiger partial charge in [-0.3, -0.25) is 9.59 Å². The van der Waals surface area contributed by atoms with E-state index in [1.807, 2.05) is 54.6 Å². The molecule has 170 valence electrons. The molecule has 8 nitrogen and oxygen atoms in total. The predicted octanol–water partition coefficient (Wildman–Crippen LogP) is 4.28. The molecule has 1 atom stereocenters. The van der Waals surface area contributed by atoms with E-state index in [0.29, 0.717) is 23.7 Å². The van der Waals surface area contributed by atoms with E-state index in [0.717, 1.165) is 22.3 Å². The molecule has 4 aromatic rings. The fourth-order valence-electron chi connectivity index (χ4n) is 3.96. The highest BCUT2D eigenvalue weighted by Crippen LogP contribution is 2.32. The lowest BCUT2D eigenvalue weighted by atomic mass is 10.0. The lowest BCUT2D eigenvalue weighted by molar-refractivity contribution is -0.135. The van der Waals surface area contributed by atoms with E-state index in [-0.39, 0.29) is 24.5 Å². The van der Waals surface area contributed by atoms with E-state index < -0.39 is 0 Å². The van der Waals surface area contributed by atoms with Crippen LogP contribution in [0.15, 0.2) is 84.0 Å². The van der Waals surface area contributed by atoms with Gasteiger partial charge in [0.05, 0.1) is 17.1 Å². The number of nitrogens with zero attached hydrogens (tertiary/aromatic N) is 3. The summed E-state index contributed by atoms with van der Waals surface area (Å²) >= 11 is 0. The predicted molar refractivity (Wildman–Crippen MR) is 130 cm³/mol. The van der Waals surface area contributed by atoms with Gasteiger partial charge in [0.2, 0.25) is 5.91 Å². The number of carbonyl (C=O) groups is 2. The molecule has 0 spiro atoms. The van der Waals surface area contributed by atoms with Crippen molar-refractivity contribution in [3.63, 3.8) is 0 Å². The van der Waals surface area contributed by atoms with E-state index in [9.17, 15) is 9.59 Å². The summed E-state index contributed by atoms with van der Waals surface area (Å²) in [4.78, 5) is 32.3. The molecule has 3 aromatic carbocycles. The van der Waals surface area contributed by atoms with Crippen molar-refractivity contribution in [2.75, 3.05) is 11.9 Å². The number of imidazole rings is 1. The molecule has 0 radical (unpaired) electrons. The Bertz CT molecular complexity index is 1330. The number of hydrogen-bond donors (Lipinski definition) is 2. The molecule has 2 N–H and O–H groups in total. The number of amides is 2. The maximum absolute atomic E-state index is 13.2. The standard InChI is InChI=1S/C26H23N5O3/c1-17(32)27-19-11-13-20(14-12-19)34-16-25(33)31-24(18-7-3-2-4-8-18)15-23(30-31)26-28-21-9-5-6-10-22(21)29-26/h2-14,24H,15-16H2,1H3,(H,27,32)(H,28,29). The number of nitrogens with one attached hydrogen (secondary N) is 2. The van der Waals surface area contributed by atoms with E-state index in [1.165, 1.54) is 11.9 Å². The Kier molecular flexibility index (Phi) is 5.78. The van der Waals surface area contributed by atoms with Crippen molar-refractivity contribution in [2.24, 2.45) is 5.10 Å². The van der Waals surface area contributed by atoms with E-state index in [2.05, 4.69) is 20.4 Å². The maximum atomic E-state index is 13.2. The van der Waals surface area contributed by atoms with Crippen LogP contribution in [0.3, 0.4) is 0 Å². The lowest BCUT2D eigenvalue weighted by Gasteiger charge is -2.22. The van der Waals surface area contributed by atoms with Crippen molar-refractivity contribution in [3.8, 4) is 5.75 Å². The minimum Gasteiger partial charge on any atom is -0.484 e. The van der Waals surface area contributed by atoms with Crippen molar-refractivity contribution in [1.82, 2.24) is 15.0 Å². The third-order valence-corrected chi connectivity index (χ3v) is 5.55. The highest BCUT2D eigenvalue weighted by atomic mass is 16.5. The van der Waals surface area contributed by atoms with E-state index in [4.69, 9.17) is 4.74 Å². The first-order valence-electron chi connectivity index (χ1n) is 11.0. The normalized spacial score (nSPS) is 15.3. The number of anilines is 1. The van der Waals surface area contributed by atoms with Crippen LogP contribution in [0.1, 0.15) is 30.8 Å². The highest BCUT2D eigenvalue weighted by Gasteiger charge is 2.34. The Morgan fingerprint density at radius 3 is 2.50 bits per heavy atom. The Hall–Kier alpha value is -4.46. The first-order chi connectivity index (χ1) is 16.6. The summed E-state index contributed by atoms with van der Waals surface area (Å²) in [5, 5.41) is 8.84. The van der Waals surface area contributed by atoms with Crippen LogP contribution >= 0.6 is 0 Å². The van der Waals surface area contributed by atoms with Gasteiger partial charge in [-0.25, -0.2) is 9.99 Å². The zero-order valence-electron chi connectivity index (χ0n) is 18.6. The molecule has 0 bridgehead atoms. The van der Waals surface area contributed by atoms with Crippen molar-refractivity contribution in [1.29, 1.82) is 0 Å². The van der Waals surface area contributed by atoms with Gasteiger partial charge in [-0.05, 0) is 42.0 Å². The number of hydrazone groups is 1. The summed E-state index contributed by atoms with van der Waals surface area (Å²) in [7, 11) is 0. The number of hydrogen-bond acceptors (Lipinski definition) is 5. The van der Waals surface area contributed by atoms with Gasteiger partial charge in [0, 0.05) is 19.0 Å². The van der Waals surface area contributed by atoms with E-state index >= 15 is 0 Å². The average Bonchev–Trinajstić information content (AvgIpc) is 3.48. The van der Waals surface area contributed by atoms with Crippen LogP contribution in [0.4, 0.5) is 5.69 Å². The van der Waals surface area contributed by atoms with Crippen LogP contribution in [0.2, 0.25) is 0 Å². The summed E-state index contributed by atoms with van der Waals surface area (Å²) in [5.41, 5.74) is 4.15. The second-order valence-corrected chi connectivity index (χ2v) is 8.01. The highest BCUT2D eigenvalue weighted by molar-refractivity contribution is 6.02. The van der Waals surface area contributed by atoms with Gasteiger partial charge in [-0.1, -0.05) is 42.5 Å². The summed E-state index contributed by atoms with van der Waals surface area (Å²) in [6, 6.07) is 24.2. The monoisotopic (exact) mass is 453 g/mol. The van der Waals surface area contributed by atoms with Crippen LogP contribution in [0.5, 0.6) is 5.75 Å². The molecule has 2 heterocycles. The van der Waals surface area contributed by atoms with Crippen LogP contribution in [-0.4, -0.2) is 39.1 Å². The topological polar surface area (TPSA) is 99.7 Å². The molecule has 8 heteroatoms. The quantitative estimate of drug-likeness (QED) is 0.455. The Balaban J connectivity index is 1.36. The largest absolute Gasteiger partial charge is 0.484 e. The Morgan fingerprint density at radius 2 is 1.76 bits per heavy atom. The molecule has 34 heavy (non-hydrogen) atoms. The molecule has 5 rings (SSSR count). The van der Waals surface area contributed by atoms with Gasteiger partial charge < -0.3 is 15.0 Å². The lowest BCUT2D eigenvalue weighted by Crippen LogP contribution is -2.31. The average molecular weight is 454 g/mol. The first-order valence-corrected chi connectivity index (χ1v) is 11.0. The zero-order chi connectivity index (χ0) is 23.5. The zero-order valence-corrected chi connectivity index (χ0v) is 18.6. The number of aromatic nitrogens is 2. The van der Waals surface area contributed by atoms with Gasteiger partial charge in [-0.15, -0.1) is 0 Å². The van der Waals surface area contributed by atoms with Crippen molar-refractivity contribution in [3.05, 3.63) is 90.3 Å². The molecule has 1 unspecified atom stereocenters. The number of para-hydroxylation sites is 2. The van der Waals surface area contributed by atoms with E-state index in [1.54, 1.807) is 24.3 Å². The number of H-pyrrole nitrogens is 1. The van der Waals surface area contributed by atoms with Crippen molar-refractivity contribution < 1.29 is 14.3 Å². The molecule has 1 aliphatic rings. The molecule has 0 aliphatic carbocycles. The maximum Gasteiger partial charge on any atom is 0.281 e. The third-order valence-electron chi connectivity index (χ3n) is 5.55. The minimum atomic E-state index is -0.258. The Labute approximate surface area is 196 Å². The van der Waals surface area contributed by atoms with Gasteiger partial charge in [-0.2, -0.15) is 5.10 Å². The number of rotatable bonds is 6. The molecule has 2 amide bonds. The van der Waals surface area contributed by atoms with Gasteiger partial charge >= 0.3 is 0 Å². The molecule has 1 aliphatic heterocycles. The van der Waals surface area contributed by atoms with Crippen molar-refractivity contribution >= 4 is 34.2 Å². The molecular formula is C26H23N5O3. The summed E-state index contributed by atoms with van der Waals surface area (Å²) in [6.45, 7) is 1.28. The number of fused-ring (bicyclic) bond motifs is 1. The van der Waals surface area contributed by atoms with Crippen molar-refractivity contribution in [2.45, 2.75) is 19.4 Å². The molecule has 0 saturated carbocycles. The smallest absolute Gasteiger partial charge is 0.281 e. The van der Waals surface area contributed by atoms with Crippen LogP contribution in [0.25, 0.3) is 11.0 Å². The van der Waals surface area contributed by atoms with Crippen LogP contribution < -0.4 is 10.1 Å². The SMILES string of the molecule is CC(=O)Nc1ccc(OCC(=O)N2N=C(c3nc4ccccc4[nH]3)CC2c2ccccc2)cc1. The summed E-state index contributed by atoms with van der Waals surface area (Å²) < 4.78 is 5.72. The fraction of sp³-hybridized carbons (Fsp3) is 0.154. The first kappa shape index (κ1) is 21.4. The minimum absolute atomic E-state index is 0.150. The number of carbonyl (C=O) groups excluding carboxylic acids is 2. The number of aromatic amines is 1. The molecule has 1 aromatic heterocycles. The Morgan fingerprint density at radius 1 is 1.03 bits per heavy atom. The van der Waals surface area contributed by atoms with Crippen LogP contribution in [-0.2, 0) is 9.59 Å². The van der Waals surface area contributed by atoms with Gasteiger partial charge in [0.25, 0.3) is 5.91 Å². The molecule has 0 saturated heterocycles. The molecular weight excluding hydrogens is 430 g/mol. The number of ether oxygens (including phenoxy) is 1. The second-order valence-electron chi connectivity index (χ2n) is 8.01. The number of benzene rings is 3. The fourth-order valence-corrected chi connectivity index (χ4v) is 3.96. The summed E-state index contributed by atoms with van der Waals surface area (Å²) in [5.74, 6) is 0.778. The second kappa shape index (κ2) is 9.19. The molecule has 0 fully saturated rings. The third kappa shape index (κ3) is 4.52. The van der Waals surface area contributed by atoms with Crippen LogP contribution in [0, 0.1) is 0 Å². The van der Waals surface area contributed by atoms with Gasteiger partial charge in [0.15, 0.2) is 12.4 Å².